The normalized spacial score (nSPS) is 29.9. The summed E-state index contributed by atoms with van der Waals surface area (Å²) in [5.74, 6) is 3.04. The van der Waals surface area contributed by atoms with Gasteiger partial charge in [0.05, 0.1) is 12.2 Å². The smallest absolute Gasteiger partial charge is 0.0708 e. The quantitative estimate of drug-likeness (QED) is 0.502. The van der Waals surface area contributed by atoms with Crippen LogP contribution in [0, 0.1) is 23.2 Å². The summed E-state index contributed by atoms with van der Waals surface area (Å²) < 4.78 is 6.72. The SMILES string of the molecule is CCCC(C)(COC1(C(C)C)CCCC(C)C1)[C](C)CC. The van der Waals surface area contributed by atoms with Crippen molar-refractivity contribution in [1.29, 1.82) is 0 Å². The zero-order valence-corrected chi connectivity index (χ0v) is 15.7. The maximum absolute atomic E-state index is 6.72. The van der Waals surface area contributed by atoms with Gasteiger partial charge in [-0.1, -0.05) is 67.7 Å². The lowest BCUT2D eigenvalue weighted by molar-refractivity contribution is -0.134. The third-order valence-electron chi connectivity index (χ3n) is 6.08. The van der Waals surface area contributed by atoms with E-state index < -0.39 is 0 Å². The van der Waals surface area contributed by atoms with Crippen molar-refractivity contribution in [3.63, 3.8) is 0 Å². The number of rotatable bonds is 8. The van der Waals surface area contributed by atoms with E-state index in [-0.39, 0.29) is 11.0 Å². The Morgan fingerprint density at radius 1 is 1.33 bits per heavy atom. The van der Waals surface area contributed by atoms with Crippen molar-refractivity contribution >= 4 is 0 Å². The van der Waals surface area contributed by atoms with Gasteiger partial charge in [0.2, 0.25) is 0 Å². The molecule has 125 valence electrons. The molecule has 0 amide bonds. The highest BCUT2D eigenvalue weighted by Crippen LogP contribution is 2.44. The molecule has 1 fully saturated rings. The van der Waals surface area contributed by atoms with Crippen molar-refractivity contribution in [1.82, 2.24) is 0 Å². The summed E-state index contributed by atoms with van der Waals surface area (Å²) in [7, 11) is 0. The molecule has 1 heteroatoms. The first kappa shape index (κ1) is 19.0. The minimum atomic E-state index is 0.126. The minimum absolute atomic E-state index is 0.126. The summed E-state index contributed by atoms with van der Waals surface area (Å²) in [6.07, 6.45) is 8.87. The first-order valence-corrected chi connectivity index (χ1v) is 9.26. The Hall–Kier alpha value is -0.0400. The lowest BCUT2D eigenvalue weighted by Crippen LogP contribution is -2.45. The third-order valence-corrected chi connectivity index (χ3v) is 6.08. The Labute approximate surface area is 134 Å². The number of ether oxygens (including phenoxy) is 1. The number of hydrogen-bond donors (Lipinski definition) is 0. The van der Waals surface area contributed by atoms with E-state index in [2.05, 4.69) is 48.5 Å². The van der Waals surface area contributed by atoms with Gasteiger partial charge in [-0.05, 0) is 48.9 Å². The summed E-state index contributed by atoms with van der Waals surface area (Å²) in [5, 5.41) is 0. The Morgan fingerprint density at radius 3 is 2.48 bits per heavy atom. The first-order chi connectivity index (χ1) is 9.79. The highest BCUT2D eigenvalue weighted by atomic mass is 16.5. The molecule has 3 atom stereocenters. The highest BCUT2D eigenvalue weighted by molar-refractivity contribution is 5.01. The maximum Gasteiger partial charge on any atom is 0.0708 e. The summed E-state index contributed by atoms with van der Waals surface area (Å²) in [6.45, 7) is 17.3. The van der Waals surface area contributed by atoms with E-state index in [1.807, 2.05) is 0 Å². The van der Waals surface area contributed by atoms with E-state index in [9.17, 15) is 0 Å². The van der Waals surface area contributed by atoms with Gasteiger partial charge in [-0.15, -0.1) is 0 Å². The van der Waals surface area contributed by atoms with Crippen LogP contribution in [-0.2, 0) is 4.74 Å². The van der Waals surface area contributed by atoms with Crippen LogP contribution in [0.15, 0.2) is 0 Å². The van der Waals surface area contributed by atoms with E-state index in [1.165, 1.54) is 44.9 Å². The second-order valence-electron chi connectivity index (χ2n) is 8.15. The molecule has 1 rings (SSSR count). The van der Waals surface area contributed by atoms with Crippen molar-refractivity contribution < 1.29 is 4.74 Å². The topological polar surface area (TPSA) is 9.23 Å². The van der Waals surface area contributed by atoms with Gasteiger partial charge in [-0.2, -0.15) is 0 Å². The average Bonchev–Trinajstić information content (AvgIpc) is 2.44. The van der Waals surface area contributed by atoms with Crippen LogP contribution in [0.1, 0.15) is 93.4 Å². The van der Waals surface area contributed by atoms with Crippen LogP contribution in [0.5, 0.6) is 0 Å². The monoisotopic (exact) mass is 295 g/mol. The van der Waals surface area contributed by atoms with Crippen LogP contribution in [0.4, 0.5) is 0 Å². The van der Waals surface area contributed by atoms with Crippen LogP contribution in [0.25, 0.3) is 0 Å². The Morgan fingerprint density at radius 2 is 2.00 bits per heavy atom. The molecule has 1 aliphatic rings. The van der Waals surface area contributed by atoms with Gasteiger partial charge in [0.15, 0.2) is 0 Å². The largest absolute Gasteiger partial charge is 0.374 e. The Bertz CT molecular complexity index is 298. The fourth-order valence-corrected chi connectivity index (χ4v) is 4.06. The fourth-order valence-electron chi connectivity index (χ4n) is 4.06. The van der Waals surface area contributed by atoms with Gasteiger partial charge in [0.25, 0.3) is 0 Å². The molecule has 0 heterocycles. The van der Waals surface area contributed by atoms with Crippen LogP contribution in [-0.4, -0.2) is 12.2 Å². The molecule has 0 bridgehead atoms. The van der Waals surface area contributed by atoms with E-state index in [0.717, 1.165) is 12.5 Å². The van der Waals surface area contributed by atoms with Crippen molar-refractivity contribution in [3.8, 4) is 0 Å². The van der Waals surface area contributed by atoms with Crippen LogP contribution in [0.2, 0.25) is 0 Å². The average molecular weight is 296 g/mol. The van der Waals surface area contributed by atoms with Crippen molar-refractivity contribution in [2.45, 2.75) is 99.0 Å². The van der Waals surface area contributed by atoms with E-state index in [1.54, 1.807) is 5.92 Å². The number of hydrogen-bond acceptors (Lipinski definition) is 1. The predicted octanol–water partition coefficient (Wildman–Crippen LogP) is 6.42. The Kier molecular flexibility index (Phi) is 7.24. The molecule has 0 saturated heterocycles. The van der Waals surface area contributed by atoms with Gasteiger partial charge in [-0.25, -0.2) is 0 Å². The van der Waals surface area contributed by atoms with Crippen LogP contribution < -0.4 is 0 Å². The van der Waals surface area contributed by atoms with Crippen molar-refractivity contribution in [3.05, 3.63) is 5.92 Å². The Balaban J connectivity index is 2.79. The first-order valence-electron chi connectivity index (χ1n) is 9.26. The second-order valence-corrected chi connectivity index (χ2v) is 8.15. The van der Waals surface area contributed by atoms with Gasteiger partial charge >= 0.3 is 0 Å². The molecule has 3 unspecified atom stereocenters. The summed E-state index contributed by atoms with van der Waals surface area (Å²) in [6, 6.07) is 0. The molecule has 0 aromatic rings. The van der Waals surface area contributed by atoms with Crippen LogP contribution >= 0.6 is 0 Å². The fraction of sp³-hybridized carbons (Fsp3) is 0.950. The van der Waals surface area contributed by atoms with E-state index >= 15 is 0 Å². The van der Waals surface area contributed by atoms with Gasteiger partial charge in [-0.3, -0.25) is 0 Å². The molecule has 0 aromatic carbocycles. The molecule has 0 aliphatic heterocycles. The van der Waals surface area contributed by atoms with Gasteiger partial charge in [0, 0.05) is 0 Å². The van der Waals surface area contributed by atoms with Gasteiger partial charge < -0.3 is 4.74 Å². The van der Waals surface area contributed by atoms with E-state index in [4.69, 9.17) is 4.74 Å². The van der Waals surface area contributed by atoms with Crippen molar-refractivity contribution in [2.75, 3.05) is 6.61 Å². The molecule has 21 heavy (non-hydrogen) atoms. The zero-order valence-electron chi connectivity index (χ0n) is 15.7. The lowest BCUT2D eigenvalue weighted by Gasteiger charge is -2.46. The third kappa shape index (κ3) is 4.71. The summed E-state index contributed by atoms with van der Waals surface area (Å²) in [5.41, 5.74) is 0.382. The standard InChI is InChI=1S/C20H39O/c1-8-12-19(7,18(6)9-2)15-21-20(16(3)4)13-10-11-17(5)14-20/h16-17H,8-15H2,1-7H3. The maximum atomic E-state index is 6.72. The highest BCUT2D eigenvalue weighted by Gasteiger charge is 2.41. The molecule has 0 aromatic heterocycles. The predicted molar refractivity (Wildman–Crippen MR) is 93.4 cm³/mol. The molecule has 0 spiro atoms. The van der Waals surface area contributed by atoms with E-state index in [0.29, 0.717) is 5.92 Å². The van der Waals surface area contributed by atoms with Crippen molar-refractivity contribution in [2.24, 2.45) is 17.3 Å². The lowest BCUT2D eigenvalue weighted by atomic mass is 9.71. The second kappa shape index (κ2) is 7.99. The molecule has 1 saturated carbocycles. The molecular formula is C20H39O. The minimum Gasteiger partial charge on any atom is -0.374 e. The molecule has 1 nitrogen and oxygen atoms in total. The van der Waals surface area contributed by atoms with Gasteiger partial charge in [0.1, 0.15) is 0 Å². The molecule has 1 aliphatic carbocycles. The molecule has 0 N–H and O–H groups in total. The van der Waals surface area contributed by atoms with Crippen LogP contribution in [0.3, 0.4) is 0 Å². The molecular weight excluding hydrogens is 256 g/mol. The summed E-state index contributed by atoms with van der Waals surface area (Å²) in [4.78, 5) is 0. The zero-order chi connectivity index (χ0) is 16.1. The molecule has 1 radical (unpaired) electrons. The summed E-state index contributed by atoms with van der Waals surface area (Å²) >= 11 is 0.